The SMILES string of the molecule is CN=C(NC=O)C1=C(N)C(C)(C)N(C(=O)NC(COCc2ccccc2)c2ccccc2)C1. The van der Waals surface area contributed by atoms with Crippen LogP contribution in [0.5, 0.6) is 0 Å². The van der Waals surface area contributed by atoms with Crippen LogP contribution in [-0.2, 0) is 16.1 Å². The van der Waals surface area contributed by atoms with Crippen molar-refractivity contribution in [3.8, 4) is 0 Å². The number of nitrogens with zero attached hydrogens (tertiary/aromatic N) is 2. The first-order valence-corrected chi connectivity index (χ1v) is 10.8. The number of carbonyl (C=O) groups is 2. The Morgan fingerprint density at radius 1 is 1.18 bits per heavy atom. The average molecular weight is 450 g/mol. The number of nitrogens with two attached hydrogens (primary N) is 1. The van der Waals surface area contributed by atoms with E-state index in [1.807, 2.05) is 74.5 Å². The molecule has 33 heavy (non-hydrogen) atoms. The monoisotopic (exact) mass is 449 g/mol. The van der Waals surface area contributed by atoms with Gasteiger partial charge in [-0.05, 0) is 25.0 Å². The van der Waals surface area contributed by atoms with Crippen LogP contribution in [0.25, 0.3) is 0 Å². The molecule has 2 aromatic carbocycles. The Labute approximate surface area is 194 Å². The van der Waals surface area contributed by atoms with Gasteiger partial charge in [0.05, 0.1) is 31.3 Å². The van der Waals surface area contributed by atoms with Gasteiger partial charge in [-0.1, -0.05) is 60.7 Å². The van der Waals surface area contributed by atoms with Crippen LogP contribution >= 0.6 is 0 Å². The summed E-state index contributed by atoms with van der Waals surface area (Å²) in [6.07, 6.45) is 0.549. The van der Waals surface area contributed by atoms with Crippen LogP contribution in [0.4, 0.5) is 4.79 Å². The quantitative estimate of drug-likeness (QED) is 0.327. The molecular formula is C25H31N5O3. The minimum Gasteiger partial charge on any atom is -0.400 e. The van der Waals surface area contributed by atoms with E-state index in [-0.39, 0.29) is 18.6 Å². The van der Waals surface area contributed by atoms with Gasteiger partial charge in [0.25, 0.3) is 0 Å². The number of benzene rings is 2. The van der Waals surface area contributed by atoms with Crippen LogP contribution < -0.4 is 16.4 Å². The summed E-state index contributed by atoms with van der Waals surface area (Å²) in [5, 5.41) is 5.66. The van der Waals surface area contributed by atoms with Crippen LogP contribution in [0.2, 0.25) is 0 Å². The lowest BCUT2D eigenvalue weighted by molar-refractivity contribution is -0.108. The largest absolute Gasteiger partial charge is 0.400 e. The molecule has 174 valence electrons. The fourth-order valence-electron chi connectivity index (χ4n) is 3.83. The highest BCUT2D eigenvalue weighted by molar-refractivity contribution is 6.05. The van der Waals surface area contributed by atoms with E-state index in [9.17, 15) is 9.59 Å². The van der Waals surface area contributed by atoms with Crippen molar-refractivity contribution in [1.29, 1.82) is 0 Å². The third kappa shape index (κ3) is 5.59. The fourth-order valence-corrected chi connectivity index (χ4v) is 3.83. The molecule has 0 bridgehead atoms. The summed E-state index contributed by atoms with van der Waals surface area (Å²) < 4.78 is 5.95. The number of aliphatic imine (C=N–C) groups is 1. The Morgan fingerprint density at radius 3 is 2.42 bits per heavy atom. The summed E-state index contributed by atoms with van der Waals surface area (Å²) in [6, 6.07) is 19.0. The zero-order chi connectivity index (χ0) is 23.8. The molecule has 3 amide bonds. The molecule has 1 unspecified atom stereocenters. The van der Waals surface area contributed by atoms with Crippen molar-refractivity contribution in [2.24, 2.45) is 10.7 Å². The number of urea groups is 1. The lowest BCUT2D eigenvalue weighted by Gasteiger charge is -2.34. The molecule has 0 radical (unpaired) electrons. The summed E-state index contributed by atoms with van der Waals surface area (Å²) >= 11 is 0. The molecule has 0 saturated carbocycles. The van der Waals surface area contributed by atoms with Gasteiger partial charge in [-0.2, -0.15) is 0 Å². The molecule has 1 aliphatic rings. The van der Waals surface area contributed by atoms with E-state index in [1.54, 1.807) is 11.9 Å². The molecule has 3 rings (SSSR count). The second kappa shape index (κ2) is 10.8. The minimum atomic E-state index is -0.758. The number of carbonyl (C=O) groups excluding carboxylic acids is 2. The molecule has 0 spiro atoms. The summed E-state index contributed by atoms with van der Waals surface area (Å²) in [5.41, 5.74) is 8.74. The Hall–Kier alpha value is -3.65. The van der Waals surface area contributed by atoms with Crippen molar-refractivity contribution in [2.75, 3.05) is 20.2 Å². The standard InChI is InChI=1S/C25H31N5O3/c1-25(2)22(26)20(23(27-3)28-17-31)14-30(25)24(32)29-21(19-12-8-5-9-13-19)16-33-15-18-10-6-4-7-11-18/h4-13,17,21H,14-16,26H2,1-3H3,(H,29,32)(H,27,28,31). The highest BCUT2D eigenvalue weighted by Crippen LogP contribution is 2.32. The predicted molar refractivity (Wildman–Crippen MR) is 128 cm³/mol. The van der Waals surface area contributed by atoms with Gasteiger partial charge < -0.3 is 26.0 Å². The second-order valence-electron chi connectivity index (χ2n) is 8.29. The Bertz CT molecular complexity index is 1020. The van der Waals surface area contributed by atoms with E-state index in [4.69, 9.17) is 10.5 Å². The third-order valence-electron chi connectivity index (χ3n) is 5.82. The summed E-state index contributed by atoms with van der Waals surface area (Å²) in [5.74, 6) is 0.358. The van der Waals surface area contributed by atoms with Gasteiger partial charge in [0.15, 0.2) is 0 Å². The van der Waals surface area contributed by atoms with Crippen LogP contribution in [0.1, 0.15) is 31.0 Å². The van der Waals surface area contributed by atoms with Gasteiger partial charge >= 0.3 is 6.03 Å². The smallest absolute Gasteiger partial charge is 0.319 e. The van der Waals surface area contributed by atoms with E-state index < -0.39 is 5.54 Å². The van der Waals surface area contributed by atoms with E-state index >= 15 is 0 Å². The van der Waals surface area contributed by atoms with E-state index in [0.29, 0.717) is 36.7 Å². The number of amidine groups is 1. The average Bonchev–Trinajstić information content (AvgIpc) is 3.07. The Kier molecular flexibility index (Phi) is 7.84. The molecule has 0 saturated heterocycles. The molecule has 1 aliphatic heterocycles. The zero-order valence-corrected chi connectivity index (χ0v) is 19.2. The maximum atomic E-state index is 13.4. The summed E-state index contributed by atoms with van der Waals surface area (Å²) in [6.45, 7) is 4.72. The highest BCUT2D eigenvalue weighted by Gasteiger charge is 2.43. The van der Waals surface area contributed by atoms with Crippen molar-refractivity contribution < 1.29 is 14.3 Å². The number of ether oxygens (including phenoxy) is 1. The summed E-state index contributed by atoms with van der Waals surface area (Å²) in [7, 11) is 1.57. The number of nitrogens with one attached hydrogen (secondary N) is 2. The first-order valence-electron chi connectivity index (χ1n) is 10.8. The van der Waals surface area contributed by atoms with Gasteiger partial charge in [0, 0.05) is 18.3 Å². The van der Waals surface area contributed by atoms with Gasteiger partial charge in [0.2, 0.25) is 6.41 Å². The van der Waals surface area contributed by atoms with Crippen LogP contribution in [0, 0.1) is 0 Å². The highest BCUT2D eigenvalue weighted by atomic mass is 16.5. The predicted octanol–water partition coefficient (Wildman–Crippen LogP) is 2.74. The molecule has 8 nitrogen and oxygen atoms in total. The molecule has 1 heterocycles. The van der Waals surface area contributed by atoms with Gasteiger partial charge in [-0.15, -0.1) is 0 Å². The van der Waals surface area contributed by atoms with Crippen LogP contribution in [-0.4, -0.2) is 48.9 Å². The van der Waals surface area contributed by atoms with Gasteiger partial charge in [-0.25, -0.2) is 4.79 Å². The van der Waals surface area contributed by atoms with Crippen molar-refractivity contribution in [3.63, 3.8) is 0 Å². The maximum absolute atomic E-state index is 13.4. The fraction of sp³-hybridized carbons (Fsp3) is 0.320. The van der Waals surface area contributed by atoms with Crippen molar-refractivity contribution in [3.05, 3.63) is 83.1 Å². The van der Waals surface area contributed by atoms with Crippen LogP contribution in [0.15, 0.2) is 76.9 Å². The molecular weight excluding hydrogens is 418 g/mol. The van der Waals surface area contributed by atoms with Gasteiger partial charge in [-0.3, -0.25) is 9.79 Å². The molecule has 4 N–H and O–H groups in total. The first kappa shape index (κ1) is 24.0. The normalized spacial score (nSPS) is 16.5. The number of amides is 3. The zero-order valence-electron chi connectivity index (χ0n) is 19.2. The molecule has 1 atom stereocenters. The van der Waals surface area contributed by atoms with Crippen molar-refractivity contribution in [1.82, 2.24) is 15.5 Å². The number of hydrogen-bond donors (Lipinski definition) is 3. The lowest BCUT2D eigenvalue weighted by Crippen LogP contribution is -2.52. The van der Waals surface area contributed by atoms with E-state index in [1.165, 1.54) is 0 Å². The molecule has 8 heteroatoms. The molecule has 0 aromatic heterocycles. The van der Waals surface area contributed by atoms with Gasteiger partial charge in [0.1, 0.15) is 5.84 Å². The lowest BCUT2D eigenvalue weighted by atomic mass is 10.00. The van der Waals surface area contributed by atoms with Crippen molar-refractivity contribution >= 4 is 18.3 Å². The maximum Gasteiger partial charge on any atom is 0.319 e. The Balaban J connectivity index is 1.74. The van der Waals surface area contributed by atoms with Crippen molar-refractivity contribution in [2.45, 2.75) is 32.0 Å². The number of hydrogen-bond acceptors (Lipinski definition) is 5. The second-order valence-corrected chi connectivity index (χ2v) is 8.29. The molecule has 2 aromatic rings. The summed E-state index contributed by atoms with van der Waals surface area (Å²) in [4.78, 5) is 30.1. The molecule has 0 aliphatic carbocycles. The van der Waals surface area contributed by atoms with Crippen LogP contribution in [0.3, 0.4) is 0 Å². The number of rotatable bonds is 8. The van der Waals surface area contributed by atoms with E-state index in [0.717, 1.165) is 11.1 Å². The molecule has 0 fully saturated rings. The van der Waals surface area contributed by atoms with E-state index in [2.05, 4.69) is 15.6 Å². The third-order valence-corrected chi connectivity index (χ3v) is 5.82. The Morgan fingerprint density at radius 2 is 1.82 bits per heavy atom. The first-order chi connectivity index (χ1) is 15.9. The minimum absolute atomic E-state index is 0.227. The topological polar surface area (TPSA) is 109 Å².